The van der Waals surface area contributed by atoms with Gasteiger partial charge in [-0.2, -0.15) is 9.78 Å². The largest absolute Gasteiger partial charge is 0.404 e. The number of rotatable bonds is 6. The van der Waals surface area contributed by atoms with Gasteiger partial charge in [0, 0.05) is 6.20 Å². The van der Waals surface area contributed by atoms with E-state index in [9.17, 15) is 14.9 Å². The molecule has 0 atom stereocenters. The Morgan fingerprint density at radius 1 is 1.24 bits per heavy atom. The Kier molecular flexibility index (Phi) is 6.47. The number of carbonyl (C=O) groups excluding carboxylic acids is 1. The van der Waals surface area contributed by atoms with E-state index in [1.807, 2.05) is 0 Å². The third kappa shape index (κ3) is 4.89. The van der Waals surface area contributed by atoms with Crippen LogP contribution in [0.3, 0.4) is 0 Å². The molecule has 0 spiro atoms. The zero-order chi connectivity index (χ0) is 21.3. The van der Waals surface area contributed by atoms with Gasteiger partial charge in [-0.05, 0) is 45.5 Å². The van der Waals surface area contributed by atoms with Gasteiger partial charge in [0.05, 0.1) is 27.4 Å². The molecule has 2 heterocycles. The average Bonchev–Trinajstić information content (AvgIpc) is 3.12. The summed E-state index contributed by atoms with van der Waals surface area (Å²) in [4.78, 5) is 22.7. The van der Waals surface area contributed by atoms with E-state index >= 15 is 0 Å². The van der Waals surface area contributed by atoms with Crippen LogP contribution in [0.2, 0.25) is 15.1 Å². The van der Waals surface area contributed by atoms with Crippen molar-refractivity contribution in [2.75, 3.05) is 5.32 Å². The first-order valence-electron chi connectivity index (χ1n) is 7.99. The predicted molar refractivity (Wildman–Crippen MR) is 113 cm³/mol. The fourth-order valence-electron chi connectivity index (χ4n) is 2.47. The zero-order valence-corrected chi connectivity index (χ0v) is 18.6. The fourth-order valence-corrected chi connectivity index (χ4v) is 3.42. The van der Waals surface area contributed by atoms with Gasteiger partial charge in [0.1, 0.15) is 16.0 Å². The molecule has 3 aromatic rings. The van der Waals surface area contributed by atoms with Crippen LogP contribution in [0.4, 0.5) is 11.6 Å². The highest BCUT2D eigenvalue weighted by molar-refractivity contribution is 9.10. The summed E-state index contributed by atoms with van der Waals surface area (Å²) >= 11 is 21.2. The molecule has 2 aromatic heterocycles. The Morgan fingerprint density at radius 3 is 2.59 bits per heavy atom. The van der Waals surface area contributed by atoms with E-state index in [0.29, 0.717) is 22.3 Å². The number of benzene rings is 1. The number of amides is 1. The number of halogens is 4. The Hall–Kier alpha value is -2.14. The summed E-state index contributed by atoms with van der Waals surface area (Å²) in [6.45, 7) is 1.73. The molecule has 0 aliphatic rings. The molecule has 0 bridgehead atoms. The molecular weight excluding hydrogens is 510 g/mol. The number of nitrogens with zero attached hydrogens (tertiary/aromatic N) is 5. The smallest absolute Gasteiger partial charge is 0.358 e. The van der Waals surface area contributed by atoms with Gasteiger partial charge in [-0.25, -0.2) is 0 Å². The van der Waals surface area contributed by atoms with Crippen molar-refractivity contribution in [2.24, 2.45) is 0 Å². The minimum atomic E-state index is -0.632. The molecule has 0 saturated heterocycles. The molecular formula is C16H12BrCl3N6O3. The number of hydrogen-bond acceptors (Lipinski definition) is 5. The summed E-state index contributed by atoms with van der Waals surface area (Å²) in [5.74, 6) is -0.686. The van der Waals surface area contributed by atoms with E-state index in [1.165, 1.54) is 9.36 Å². The van der Waals surface area contributed by atoms with Crippen molar-refractivity contribution in [3.63, 3.8) is 0 Å². The third-order valence-corrected chi connectivity index (χ3v) is 5.83. The van der Waals surface area contributed by atoms with Crippen molar-refractivity contribution in [2.45, 2.75) is 20.0 Å². The van der Waals surface area contributed by atoms with Crippen molar-refractivity contribution in [3.05, 3.63) is 65.3 Å². The molecule has 1 N–H and O–H groups in total. The summed E-state index contributed by atoms with van der Waals surface area (Å²) in [6, 6.07) is 5.19. The second-order valence-electron chi connectivity index (χ2n) is 5.96. The highest BCUT2D eigenvalue weighted by Gasteiger charge is 2.25. The Labute approximate surface area is 187 Å². The van der Waals surface area contributed by atoms with Gasteiger partial charge in [0.2, 0.25) is 5.91 Å². The first-order chi connectivity index (χ1) is 13.7. The number of nitro groups is 1. The minimum absolute atomic E-state index is 0.162. The van der Waals surface area contributed by atoms with Gasteiger partial charge in [0.15, 0.2) is 5.82 Å². The first-order valence-corrected chi connectivity index (χ1v) is 9.92. The highest BCUT2D eigenvalue weighted by Crippen LogP contribution is 2.27. The van der Waals surface area contributed by atoms with Crippen molar-refractivity contribution in [1.82, 2.24) is 19.6 Å². The second-order valence-corrected chi connectivity index (χ2v) is 7.97. The molecule has 9 nitrogen and oxygen atoms in total. The molecule has 3 rings (SSSR count). The van der Waals surface area contributed by atoms with Gasteiger partial charge >= 0.3 is 5.82 Å². The molecule has 0 aliphatic carbocycles. The van der Waals surface area contributed by atoms with Crippen LogP contribution in [0.5, 0.6) is 0 Å². The SMILES string of the molecule is Cc1c(Br)c([N+](=O)[O-])nn1CC(=O)Nc1nn(Cc2ccc(Cl)c(Cl)c2)cc1Cl. The molecule has 0 unspecified atom stereocenters. The number of aromatic nitrogens is 4. The van der Waals surface area contributed by atoms with E-state index in [2.05, 4.69) is 31.4 Å². The lowest BCUT2D eigenvalue weighted by atomic mass is 10.2. The van der Waals surface area contributed by atoms with E-state index in [4.69, 9.17) is 34.8 Å². The molecule has 29 heavy (non-hydrogen) atoms. The number of hydrogen-bond donors (Lipinski definition) is 1. The highest BCUT2D eigenvalue weighted by atomic mass is 79.9. The molecule has 0 radical (unpaired) electrons. The van der Waals surface area contributed by atoms with Crippen LogP contribution in [0.1, 0.15) is 11.3 Å². The number of nitrogens with one attached hydrogen (secondary N) is 1. The lowest BCUT2D eigenvalue weighted by Gasteiger charge is -2.04. The molecule has 0 saturated carbocycles. The summed E-state index contributed by atoms with van der Waals surface area (Å²) < 4.78 is 2.98. The molecule has 152 valence electrons. The minimum Gasteiger partial charge on any atom is -0.358 e. The molecule has 13 heteroatoms. The molecule has 0 fully saturated rings. The van der Waals surface area contributed by atoms with Crippen LogP contribution in [-0.2, 0) is 17.9 Å². The van der Waals surface area contributed by atoms with Crippen molar-refractivity contribution in [1.29, 1.82) is 0 Å². The molecule has 0 aliphatic heterocycles. The normalized spacial score (nSPS) is 10.9. The molecule has 1 aromatic carbocycles. The lowest BCUT2D eigenvalue weighted by Crippen LogP contribution is -2.21. The zero-order valence-electron chi connectivity index (χ0n) is 14.7. The van der Waals surface area contributed by atoms with Gasteiger partial charge in [0.25, 0.3) is 0 Å². The van der Waals surface area contributed by atoms with Crippen LogP contribution < -0.4 is 5.32 Å². The Balaban J connectivity index is 1.71. The maximum absolute atomic E-state index is 12.3. The second kappa shape index (κ2) is 8.70. The van der Waals surface area contributed by atoms with Crippen molar-refractivity contribution >= 4 is 68.3 Å². The van der Waals surface area contributed by atoms with E-state index < -0.39 is 10.8 Å². The maximum atomic E-state index is 12.3. The van der Waals surface area contributed by atoms with Gasteiger partial charge in [-0.15, -0.1) is 0 Å². The van der Waals surface area contributed by atoms with Gasteiger partial charge < -0.3 is 15.4 Å². The summed E-state index contributed by atoms with van der Waals surface area (Å²) in [5.41, 5.74) is 1.30. The molecule has 1 amide bonds. The topological polar surface area (TPSA) is 108 Å². The monoisotopic (exact) mass is 520 g/mol. The third-order valence-electron chi connectivity index (χ3n) is 3.89. The Morgan fingerprint density at radius 2 is 1.97 bits per heavy atom. The van der Waals surface area contributed by atoms with Crippen LogP contribution in [0, 0.1) is 17.0 Å². The van der Waals surface area contributed by atoms with E-state index in [1.54, 1.807) is 31.3 Å². The first kappa shape index (κ1) is 21.6. The van der Waals surface area contributed by atoms with Crippen LogP contribution in [0.15, 0.2) is 28.9 Å². The lowest BCUT2D eigenvalue weighted by molar-refractivity contribution is -0.390. The fraction of sp³-hybridized carbons (Fsp3) is 0.188. The van der Waals surface area contributed by atoms with Gasteiger partial charge in [-0.3, -0.25) is 9.48 Å². The summed E-state index contributed by atoms with van der Waals surface area (Å²) in [6.07, 6.45) is 1.56. The number of anilines is 1. The Bertz CT molecular complexity index is 1110. The van der Waals surface area contributed by atoms with E-state index in [0.717, 1.165) is 5.56 Å². The summed E-state index contributed by atoms with van der Waals surface area (Å²) in [5, 5.41) is 22.7. The standard InChI is InChI=1S/C16H12BrCl3N6O3/c1-8-14(17)16(26(28)29)23-25(8)7-13(27)21-15-12(20)6-24(22-15)5-9-2-3-10(18)11(19)4-9/h2-4,6H,5,7H2,1H3,(H,21,22,27). The van der Waals surface area contributed by atoms with Gasteiger partial charge in [-0.1, -0.05) is 40.9 Å². The van der Waals surface area contributed by atoms with Crippen LogP contribution >= 0.6 is 50.7 Å². The maximum Gasteiger partial charge on any atom is 0.404 e. The quantitative estimate of drug-likeness (QED) is 0.373. The predicted octanol–water partition coefficient (Wildman–Crippen LogP) is 4.71. The van der Waals surface area contributed by atoms with E-state index in [-0.39, 0.29) is 27.7 Å². The average molecular weight is 523 g/mol. The number of carbonyl (C=O) groups is 1. The van der Waals surface area contributed by atoms with Crippen molar-refractivity contribution in [3.8, 4) is 0 Å². The van der Waals surface area contributed by atoms with Crippen molar-refractivity contribution < 1.29 is 9.72 Å². The van der Waals surface area contributed by atoms with Crippen LogP contribution in [-0.4, -0.2) is 30.4 Å². The van der Waals surface area contributed by atoms with Crippen LogP contribution in [0.25, 0.3) is 0 Å². The summed E-state index contributed by atoms with van der Waals surface area (Å²) in [7, 11) is 0.